The van der Waals surface area contributed by atoms with Crippen molar-refractivity contribution in [2.75, 3.05) is 5.32 Å². The molecular weight excluding hydrogens is 436 g/mol. The molecule has 5 aromatic rings. The van der Waals surface area contributed by atoms with Crippen molar-refractivity contribution in [2.45, 2.75) is 6.92 Å². The van der Waals surface area contributed by atoms with Gasteiger partial charge in [0, 0.05) is 38.8 Å². The van der Waals surface area contributed by atoms with Gasteiger partial charge in [-0.05, 0) is 31.2 Å². The molecule has 156 valence electrons. The van der Waals surface area contributed by atoms with Crippen molar-refractivity contribution in [2.24, 2.45) is 0 Å². The van der Waals surface area contributed by atoms with Crippen molar-refractivity contribution in [3.8, 4) is 33.1 Å². The highest BCUT2D eigenvalue weighted by Crippen LogP contribution is 2.30. The number of anilines is 2. The van der Waals surface area contributed by atoms with Gasteiger partial charge in [-0.1, -0.05) is 66.2 Å². The molecular formula is C26H19ClN4S. The Morgan fingerprint density at radius 3 is 2.16 bits per heavy atom. The van der Waals surface area contributed by atoms with Gasteiger partial charge < -0.3 is 5.32 Å². The van der Waals surface area contributed by atoms with Gasteiger partial charge in [-0.3, -0.25) is 0 Å². The number of aryl methyl sites for hydroxylation is 1. The smallest absolute Gasteiger partial charge is 0.134 e. The Morgan fingerprint density at radius 2 is 1.41 bits per heavy atom. The predicted octanol–water partition coefficient (Wildman–Crippen LogP) is 7.64. The van der Waals surface area contributed by atoms with Gasteiger partial charge in [0.05, 0.1) is 11.4 Å². The van der Waals surface area contributed by atoms with Crippen LogP contribution in [0.1, 0.15) is 5.82 Å². The topological polar surface area (TPSA) is 50.7 Å². The molecule has 0 amide bonds. The lowest BCUT2D eigenvalue weighted by Gasteiger charge is -2.09. The number of halogens is 1. The van der Waals surface area contributed by atoms with E-state index in [2.05, 4.69) is 32.8 Å². The maximum atomic E-state index is 5.99. The summed E-state index contributed by atoms with van der Waals surface area (Å²) in [5, 5.41) is 7.17. The summed E-state index contributed by atoms with van der Waals surface area (Å²) < 4.78 is 0. The number of rotatable bonds is 5. The number of thiazole rings is 1. The summed E-state index contributed by atoms with van der Waals surface area (Å²) in [6, 6.07) is 28.0. The molecule has 0 saturated heterocycles. The van der Waals surface area contributed by atoms with Crippen LogP contribution in [0.2, 0.25) is 5.02 Å². The summed E-state index contributed by atoms with van der Waals surface area (Å²) in [6.07, 6.45) is 0. The monoisotopic (exact) mass is 454 g/mol. The van der Waals surface area contributed by atoms with E-state index in [0.29, 0.717) is 0 Å². The molecule has 0 aliphatic rings. The van der Waals surface area contributed by atoms with Gasteiger partial charge in [0.15, 0.2) is 0 Å². The molecule has 2 aromatic heterocycles. The van der Waals surface area contributed by atoms with E-state index in [1.165, 1.54) is 0 Å². The largest absolute Gasteiger partial charge is 0.340 e. The SMILES string of the molecule is Cc1nc(Nc2ccc(-c3csc(-c4ccc(Cl)cc4)n3)cc2)cc(-c2ccccc2)n1. The third-order valence-corrected chi connectivity index (χ3v) is 6.10. The second-order valence-corrected chi connectivity index (χ2v) is 8.59. The molecule has 1 N–H and O–H groups in total. The zero-order chi connectivity index (χ0) is 21.9. The van der Waals surface area contributed by atoms with E-state index in [0.717, 1.165) is 55.4 Å². The molecule has 0 saturated carbocycles. The number of hydrogen-bond donors (Lipinski definition) is 1. The second-order valence-electron chi connectivity index (χ2n) is 7.30. The summed E-state index contributed by atoms with van der Waals surface area (Å²) in [4.78, 5) is 13.9. The van der Waals surface area contributed by atoms with E-state index in [1.807, 2.05) is 79.7 Å². The van der Waals surface area contributed by atoms with Crippen LogP contribution in [0.25, 0.3) is 33.1 Å². The average Bonchev–Trinajstić information content (AvgIpc) is 3.31. The van der Waals surface area contributed by atoms with Crippen LogP contribution in [0.5, 0.6) is 0 Å². The molecule has 3 aromatic carbocycles. The zero-order valence-corrected chi connectivity index (χ0v) is 18.9. The Morgan fingerprint density at radius 1 is 0.719 bits per heavy atom. The Balaban J connectivity index is 1.35. The quantitative estimate of drug-likeness (QED) is 0.296. The number of benzene rings is 3. The Hall–Kier alpha value is -3.54. The first-order valence-electron chi connectivity index (χ1n) is 10.1. The van der Waals surface area contributed by atoms with Gasteiger partial charge in [-0.2, -0.15) is 0 Å². The van der Waals surface area contributed by atoms with Gasteiger partial charge in [0.25, 0.3) is 0 Å². The van der Waals surface area contributed by atoms with Crippen molar-refractivity contribution in [1.29, 1.82) is 0 Å². The minimum Gasteiger partial charge on any atom is -0.340 e. The molecule has 0 unspecified atom stereocenters. The van der Waals surface area contributed by atoms with Crippen LogP contribution >= 0.6 is 22.9 Å². The maximum Gasteiger partial charge on any atom is 0.134 e. The number of hydrogen-bond acceptors (Lipinski definition) is 5. The van der Waals surface area contributed by atoms with E-state index < -0.39 is 0 Å². The minimum atomic E-state index is 0.725. The van der Waals surface area contributed by atoms with Gasteiger partial charge in [0.2, 0.25) is 0 Å². The molecule has 4 nitrogen and oxygen atoms in total. The zero-order valence-electron chi connectivity index (χ0n) is 17.3. The average molecular weight is 455 g/mol. The van der Waals surface area contributed by atoms with Crippen LogP contribution in [0.4, 0.5) is 11.5 Å². The van der Waals surface area contributed by atoms with Crippen LogP contribution in [-0.4, -0.2) is 15.0 Å². The predicted molar refractivity (Wildman–Crippen MR) is 133 cm³/mol. The first-order valence-corrected chi connectivity index (χ1v) is 11.4. The fourth-order valence-corrected chi connectivity index (χ4v) is 4.35. The standard InChI is InChI=1S/C26H19ClN4S/c1-17-28-23(18-5-3-2-4-6-18)15-25(29-17)30-22-13-9-19(10-14-22)24-16-32-26(31-24)20-7-11-21(27)12-8-20/h2-16H,1H3,(H,28,29,30). The highest BCUT2D eigenvalue weighted by molar-refractivity contribution is 7.13. The summed E-state index contributed by atoms with van der Waals surface area (Å²) in [5.74, 6) is 1.49. The molecule has 0 atom stereocenters. The number of aromatic nitrogens is 3. The van der Waals surface area contributed by atoms with Crippen LogP contribution in [0.3, 0.4) is 0 Å². The molecule has 6 heteroatoms. The van der Waals surface area contributed by atoms with Crippen molar-refractivity contribution in [3.05, 3.63) is 101 Å². The first-order chi connectivity index (χ1) is 15.6. The van der Waals surface area contributed by atoms with Gasteiger partial charge in [-0.15, -0.1) is 11.3 Å². The molecule has 0 aliphatic heterocycles. The van der Waals surface area contributed by atoms with E-state index >= 15 is 0 Å². The highest BCUT2D eigenvalue weighted by Gasteiger charge is 2.08. The van der Waals surface area contributed by atoms with E-state index in [1.54, 1.807) is 11.3 Å². The van der Waals surface area contributed by atoms with Crippen molar-refractivity contribution in [1.82, 2.24) is 15.0 Å². The van der Waals surface area contributed by atoms with Crippen LogP contribution in [0.15, 0.2) is 90.3 Å². The Kier molecular flexibility index (Phi) is 5.67. The number of nitrogens with zero attached hydrogens (tertiary/aromatic N) is 3. The van der Waals surface area contributed by atoms with E-state index in [9.17, 15) is 0 Å². The summed E-state index contributed by atoms with van der Waals surface area (Å²) >= 11 is 7.62. The molecule has 0 radical (unpaired) electrons. The fourth-order valence-electron chi connectivity index (χ4n) is 3.39. The lowest BCUT2D eigenvalue weighted by molar-refractivity contribution is 1.06. The molecule has 0 spiro atoms. The highest BCUT2D eigenvalue weighted by atomic mass is 35.5. The van der Waals surface area contributed by atoms with Crippen molar-refractivity contribution < 1.29 is 0 Å². The van der Waals surface area contributed by atoms with Gasteiger partial charge >= 0.3 is 0 Å². The lowest BCUT2D eigenvalue weighted by Crippen LogP contribution is -1.99. The third-order valence-electron chi connectivity index (χ3n) is 4.96. The molecule has 5 rings (SSSR count). The van der Waals surface area contributed by atoms with Crippen molar-refractivity contribution in [3.63, 3.8) is 0 Å². The van der Waals surface area contributed by atoms with Crippen LogP contribution in [0, 0.1) is 6.92 Å². The van der Waals surface area contributed by atoms with Crippen LogP contribution < -0.4 is 5.32 Å². The van der Waals surface area contributed by atoms with Gasteiger partial charge in [-0.25, -0.2) is 15.0 Å². The third kappa shape index (κ3) is 4.54. The minimum absolute atomic E-state index is 0.725. The number of nitrogens with one attached hydrogen (secondary N) is 1. The summed E-state index contributed by atoms with van der Waals surface area (Å²) in [5.41, 5.74) is 6.01. The maximum absolute atomic E-state index is 5.99. The van der Waals surface area contributed by atoms with Crippen molar-refractivity contribution >= 4 is 34.4 Å². The summed E-state index contributed by atoms with van der Waals surface area (Å²) in [6.45, 7) is 1.90. The fraction of sp³-hybridized carbons (Fsp3) is 0.0385. The molecule has 0 aliphatic carbocycles. The molecule has 2 heterocycles. The second kappa shape index (κ2) is 8.91. The Bertz CT molecular complexity index is 1350. The van der Waals surface area contributed by atoms with Crippen LogP contribution in [-0.2, 0) is 0 Å². The normalized spacial score (nSPS) is 10.8. The molecule has 32 heavy (non-hydrogen) atoms. The van der Waals surface area contributed by atoms with E-state index in [4.69, 9.17) is 16.6 Å². The lowest BCUT2D eigenvalue weighted by atomic mass is 10.1. The summed E-state index contributed by atoms with van der Waals surface area (Å²) in [7, 11) is 0. The molecule has 0 fully saturated rings. The van der Waals surface area contributed by atoms with Gasteiger partial charge in [0.1, 0.15) is 16.6 Å². The molecule has 0 bridgehead atoms. The van der Waals surface area contributed by atoms with E-state index in [-0.39, 0.29) is 0 Å². The Labute approximate surface area is 195 Å². The first kappa shape index (κ1) is 20.4.